The Balaban J connectivity index is 1.48. The molecule has 24 heavy (non-hydrogen) atoms. The van der Waals surface area contributed by atoms with Gasteiger partial charge in [-0.15, -0.1) is 0 Å². The van der Waals surface area contributed by atoms with Crippen LogP contribution in [0.5, 0.6) is 0 Å². The van der Waals surface area contributed by atoms with Gasteiger partial charge in [0.25, 0.3) is 5.91 Å². The lowest BCUT2D eigenvalue weighted by atomic mass is 9.98. The standard InChI is InChI=1S/C17H24N4O3/c1-12(2)16-8-14(24-20-16)11-21-6-3-4-13(10-21)9-18-17(22)15-5-7-23-19-15/h5,7-8,12-13H,3-4,6,9-11H2,1-2H3,(H,18,22). The zero-order valence-corrected chi connectivity index (χ0v) is 14.2. The lowest BCUT2D eigenvalue weighted by Crippen LogP contribution is -2.40. The normalized spacial score (nSPS) is 18.9. The van der Waals surface area contributed by atoms with Crippen molar-refractivity contribution in [3.63, 3.8) is 0 Å². The van der Waals surface area contributed by atoms with Crippen molar-refractivity contribution >= 4 is 5.91 Å². The maximum atomic E-state index is 11.9. The summed E-state index contributed by atoms with van der Waals surface area (Å²) in [5, 5.41) is 10.7. The number of carbonyl (C=O) groups excluding carboxylic acids is 1. The monoisotopic (exact) mass is 332 g/mol. The molecule has 2 aromatic rings. The highest BCUT2D eigenvalue weighted by atomic mass is 16.5. The molecule has 1 N–H and O–H groups in total. The minimum Gasteiger partial charge on any atom is -0.364 e. The van der Waals surface area contributed by atoms with Gasteiger partial charge in [-0.2, -0.15) is 0 Å². The fraction of sp³-hybridized carbons (Fsp3) is 0.588. The zero-order valence-electron chi connectivity index (χ0n) is 14.2. The molecular weight excluding hydrogens is 308 g/mol. The molecule has 0 spiro atoms. The lowest BCUT2D eigenvalue weighted by Gasteiger charge is -2.31. The molecule has 7 heteroatoms. The molecule has 130 valence electrons. The average Bonchev–Trinajstić information content (AvgIpc) is 3.24. The summed E-state index contributed by atoms with van der Waals surface area (Å²) in [5.41, 5.74) is 1.32. The fourth-order valence-corrected chi connectivity index (χ4v) is 3.01. The van der Waals surface area contributed by atoms with Gasteiger partial charge in [0.05, 0.1) is 12.2 Å². The molecule has 1 unspecified atom stereocenters. The predicted octanol–water partition coefficient (Wildman–Crippen LogP) is 2.43. The Kier molecular flexibility index (Phi) is 5.30. The Morgan fingerprint density at radius 2 is 2.33 bits per heavy atom. The molecular formula is C17H24N4O3. The molecule has 0 aliphatic carbocycles. The van der Waals surface area contributed by atoms with Crippen molar-refractivity contribution in [3.8, 4) is 0 Å². The van der Waals surface area contributed by atoms with Gasteiger partial charge in [0, 0.05) is 25.2 Å². The summed E-state index contributed by atoms with van der Waals surface area (Å²) in [6, 6.07) is 3.61. The highest BCUT2D eigenvalue weighted by Gasteiger charge is 2.22. The van der Waals surface area contributed by atoms with E-state index in [1.807, 2.05) is 6.07 Å². The van der Waals surface area contributed by atoms with Crippen LogP contribution in [0.4, 0.5) is 0 Å². The number of aromatic nitrogens is 2. The zero-order chi connectivity index (χ0) is 16.9. The van der Waals surface area contributed by atoms with Crippen LogP contribution in [0.1, 0.15) is 54.5 Å². The third kappa shape index (κ3) is 4.23. The molecule has 7 nitrogen and oxygen atoms in total. The van der Waals surface area contributed by atoms with Crippen LogP contribution < -0.4 is 5.32 Å². The van der Waals surface area contributed by atoms with E-state index in [9.17, 15) is 4.79 Å². The number of carbonyl (C=O) groups is 1. The molecule has 0 bridgehead atoms. The van der Waals surface area contributed by atoms with Crippen LogP contribution in [-0.2, 0) is 6.54 Å². The Morgan fingerprint density at radius 3 is 3.04 bits per heavy atom. The average molecular weight is 332 g/mol. The first-order chi connectivity index (χ1) is 11.6. The summed E-state index contributed by atoms with van der Waals surface area (Å²) < 4.78 is 10.1. The molecule has 3 rings (SSSR count). The van der Waals surface area contributed by atoms with Gasteiger partial charge in [0.1, 0.15) is 6.26 Å². The quantitative estimate of drug-likeness (QED) is 0.874. The number of nitrogens with zero attached hydrogens (tertiary/aromatic N) is 3. The van der Waals surface area contributed by atoms with Crippen LogP contribution in [0.15, 0.2) is 27.4 Å². The van der Waals surface area contributed by atoms with E-state index in [4.69, 9.17) is 9.05 Å². The van der Waals surface area contributed by atoms with Crippen molar-refractivity contribution in [2.45, 2.75) is 39.2 Å². The topological polar surface area (TPSA) is 84.4 Å². The maximum absolute atomic E-state index is 11.9. The highest BCUT2D eigenvalue weighted by molar-refractivity contribution is 5.91. The second-order valence-electron chi connectivity index (χ2n) is 6.71. The second-order valence-corrected chi connectivity index (χ2v) is 6.71. The van der Waals surface area contributed by atoms with Crippen molar-refractivity contribution in [3.05, 3.63) is 35.5 Å². The number of likely N-dealkylation sites (tertiary alicyclic amines) is 1. The molecule has 1 saturated heterocycles. The summed E-state index contributed by atoms with van der Waals surface area (Å²) in [6.45, 7) is 7.62. The predicted molar refractivity (Wildman–Crippen MR) is 87.4 cm³/mol. The third-order valence-corrected chi connectivity index (χ3v) is 4.37. The second kappa shape index (κ2) is 7.61. The first-order valence-electron chi connectivity index (χ1n) is 8.48. The number of nitrogens with one attached hydrogen (secondary N) is 1. The Labute approximate surface area is 141 Å². The number of rotatable bonds is 6. The van der Waals surface area contributed by atoms with E-state index in [1.54, 1.807) is 6.07 Å². The lowest BCUT2D eigenvalue weighted by molar-refractivity contribution is 0.0918. The van der Waals surface area contributed by atoms with Gasteiger partial charge in [0.15, 0.2) is 11.5 Å². The van der Waals surface area contributed by atoms with Crippen LogP contribution in [0, 0.1) is 5.92 Å². The van der Waals surface area contributed by atoms with Gasteiger partial charge >= 0.3 is 0 Å². The van der Waals surface area contributed by atoms with E-state index in [2.05, 4.69) is 34.4 Å². The molecule has 3 heterocycles. The highest BCUT2D eigenvalue weighted by Crippen LogP contribution is 2.20. The summed E-state index contributed by atoms with van der Waals surface area (Å²) in [6.07, 6.45) is 3.64. The van der Waals surface area contributed by atoms with E-state index in [0.29, 0.717) is 24.1 Å². The minimum atomic E-state index is -0.183. The molecule has 0 saturated carbocycles. The molecule has 1 amide bonds. The third-order valence-electron chi connectivity index (χ3n) is 4.37. The molecule has 1 atom stereocenters. The summed E-state index contributed by atoms with van der Waals surface area (Å²) in [5.74, 6) is 1.54. The van der Waals surface area contributed by atoms with Crippen molar-refractivity contribution in [2.24, 2.45) is 5.92 Å². The minimum absolute atomic E-state index is 0.183. The van der Waals surface area contributed by atoms with Crippen molar-refractivity contribution < 1.29 is 13.8 Å². The molecule has 2 aromatic heterocycles. The van der Waals surface area contributed by atoms with Gasteiger partial charge in [-0.05, 0) is 31.2 Å². The van der Waals surface area contributed by atoms with E-state index in [-0.39, 0.29) is 5.91 Å². The van der Waals surface area contributed by atoms with Crippen LogP contribution in [0.2, 0.25) is 0 Å². The molecule has 0 radical (unpaired) electrons. The van der Waals surface area contributed by atoms with Gasteiger partial charge < -0.3 is 14.4 Å². The van der Waals surface area contributed by atoms with Gasteiger partial charge in [-0.1, -0.05) is 24.2 Å². The van der Waals surface area contributed by atoms with Gasteiger partial charge in [-0.3, -0.25) is 9.69 Å². The van der Waals surface area contributed by atoms with Crippen LogP contribution in [0.25, 0.3) is 0 Å². The van der Waals surface area contributed by atoms with Crippen LogP contribution >= 0.6 is 0 Å². The van der Waals surface area contributed by atoms with Crippen molar-refractivity contribution in [1.29, 1.82) is 0 Å². The first kappa shape index (κ1) is 16.7. The fourth-order valence-electron chi connectivity index (χ4n) is 3.01. The summed E-state index contributed by atoms with van der Waals surface area (Å²) >= 11 is 0. The van der Waals surface area contributed by atoms with Crippen LogP contribution in [0.3, 0.4) is 0 Å². The van der Waals surface area contributed by atoms with E-state index in [0.717, 1.165) is 43.9 Å². The number of hydrogen-bond acceptors (Lipinski definition) is 6. The first-order valence-corrected chi connectivity index (χ1v) is 8.48. The molecule has 0 aromatic carbocycles. The molecule has 1 fully saturated rings. The number of piperidine rings is 1. The Morgan fingerprint density at radius 1 is 1.46 bits per heavy atom. The van der Waals surface area contributed by atoms with E-state index < -0.39 is 0 Å². The van der Waals surface area contributed by atoms with Gasteiger partial charge in [0.2, 0.25) is 0 Å². The maximum Gasteiger partial charge on any atom is 0.273 e. The molecule has 1 aliphatic heterocycles. The number of hydrogen-bond donors (Lipinski definition) is 1. The van der Waals surface area contributed by atoms with Gasteiger partial charge in [-0.25, -0.2) is 0 Å². The van der Waals surface area contributed by atoms with E-state index in [1.165, 1.54) is 6.26 Å². The van der Waals surface area contributed by atoms with E-state index >= 15 is 0 Å². The van der Waals surface area contributed by atoms with Crippen molar-refractivity contribution in [2.75, 3.05) is 19.6 Å². The Bertz CT molecular complexity index is 651. The molecule has 1 aliphatic rings. The smallest absolute Gasteiger partial charge is 0.273 e. The van der Waals surface area contributed by atoms with Crippen molar-refractivity contribution in [1.82, 2.24) is 20.5 Å². The largest absolute Gasteiger partial charge is 0.364 e. The SMILES string of the molecule is CC(C)c1cc(CN2CCCC(CNC(=O)c3ccon3)C2)on1. The van der Waals surface area contributed by atoms with Crippen LogP contribution in [-0.4, -0.2) is 40.8 Å². The summed E-state index contributed by atoms with van der Waals surface area (Å²) in [7, 11) is 0. The summed E-state index contributed by atoms with van der Waals surface area (Å²) in [4.78, 5) is 14.3. The Hall–Kier alpha value is -2.15. The number of amides is 1.